The Balaban J connectivity index is 1.86. The molecule has 0 aromatic heterocycles. The first-order valence-corrected chi connectivity index (χ1v) is 8.05. The summed E-state index contributed by atoms with van der Waals surface area (Å²) in [6.45, 7) is 7.58. The second-order valence-corrected chi connectivity index (χ2v) is 5.89. The van der Waals surface area contributed by atoms with Crippen molar-refractivity contribution in [1.82, 2.24) is 9.80 Å². The number of nitrogens with zero attached hydrogens (tertiary/aromatic N) is 2. The van der Waals surface area contributed by atoms with Crippen molar-refractivity contribution < 1.29 is 19.0 Å². The number of piperazine rings is 1. The number of carbonyl (C=O) groups is 1. The van der Waals surface area contributed by atoms with Gasteiger partial charge < -0.3 is 14.7 Å². The summed E-state index contributed by atoms with van der Waals surface area (Å²) >= 11 is 0. The quantitative estimate of drug-likeness (QED) is 0.857. The Bertz CT molecular complexity index is 531. The third-order valence-electron chi connectivity index (χ3n) is 4.00. The first-order chi connectivity index (χ1) is 11.0. The smallest absolute Gasteiger partial charge is 0.256 e. The lowest BCUT2D eigenvalue weighted by molar-refractivity contribution is 0.0111. The predicted octanol–water partition coefficient (Wildman–Crippen LogP) is 1.29. The predicted molar refractivity (Wildman–Crippen MR) is 86.0 cm³/mol. The van der Waals surface area contributed by atoms with Crippen LogP contribution in [0.4, 0.5) is 4.39 Å². The van der Waals surface area contributed by atoms with Crippen LogP contribution in [0.1, 0.15) is 22.8 Å². The topological polar surface area (TPSA) is 53.0 Å². The monoisotopic (exact) mass is 324 g/mol. The molecule has 1 N–H and O–H groups in total. The first-order valence-electron chi connectivity index (χ1n) is 8.05. The number of aliphatic hydroxyl groups excluding tert-OH is 1. The summed E-state index contributed by atoms with van der Waals surface area (Å²) in [5.74, 6) is -0.740. The zero-order valence-electron chi connectivity index (χ0n) is 13.8. The van der Waals surface area contributed by atoms with Crippen LogP contribution in [-0.2, 0) is 4.74 Å². The maximum absolute atomic E-state index is 13.8. The van der Waals surface area contributed by atoms with Crippen molar-refractivity contribution in [1.29, 1.82) is 0 Å². The summed E-state index contributed by atoms with van der Waals surface area (Å²) in [5.41, 5.74) is 1.00. The highest BCUT2D eigenvalue weighted by Crippen LogP contribution is 2.14. The number of carbonyl (C=O) groups excluding carboxylic acids is 1. The van der Waals surface area contributed by atoms with E-state index in [0.29, 0.717) is 45.9 Å². The van der Waals surface area contributed by atoms with Crippen molar-refractivity contribution in [2.24, 2.45) is 0 Å². The Labute approximate surface area is 136 Å². The van der Waals surface area contributed by atoms with Gasteiger partial charge in [0.25, 0.3) is 5.91 Å². The van der Waals surface area contributed by atoms with Crippen LogP contribution in [0.15, 0.2) is 18.2 Å². The molecule has 1 amide bonds. The molecule has 1 unspecified atom stereocenters. The van der Waals surface area contributed by atoms with Crippen molar-refractivity contribution in [2.75, 3.05) is 45.9 Å². The molecule has 1 aliphatic heterocycles. The van der Waals surface area contributed by atoms with Crippen LogP contribution < -0.4 is 0 Å². The molecular formula is C17H25FN2O3. The molecule has 0 saturated carbocycles. The number of β-amino-alcohol motifs (C(OH)–C–C–N with tert-alkyl or cyclic N) is 1. The summed E-state index contributed by atoms with van der Waals surface area (Å²) in [6, 6.07) is 4.59. The summed E-state index contributed by atoms with van der Waals surface area (Å²) in [6.07, 6.45) is -0.522. The summed E-state index contributed by atoms with van der Waals surface area (Å²) in [7, 11) is 0. The fraction of sp³-hybridized carbons (Fsp3) is 0.588. The van der Waals surface area contributed by atoms with Crippen molar-refractivity contribution >= 4 is 5.91 Å². The summed E-state index contributed by atoms with van der Waals surface area (Å²) in [4.78, 5) is 16.2. The van der Waals surface area contributed by atoms with Gasteiger partial charge in [-0.3, -0.25) is 9.69 Å². The lowest BCUT2D eigenvalue weighted by Gasteiger charge is -2.35. The molecule has 23 heavy (non-hydrogen) atoms. The van der Waals surface area contributed by atoms with E-state index in [9.17, 15) is 14.3 Å². The van der Waals surface area contributed by atoms with E-state index < -0.39 is 11.9 Å². The van der Waals surface area contributed by atoms with E-state index in [1.807, 2.05) is 13.8 Å². The Morgan fingerprint density at radius 3 is 2.70 bits per heavy atom. The average Bonchev–Trinajstić information content (AvgIpc) is 2.55. The number of amides is 1. The SMILES string of the molecule is CCOCC(O)CN1CCN(C(=O)c2cc(C)ccc2F)CC1. The van der Waals surface area contributed by atoms with Gasteiger partial charge in [0.1, 0.15) is 5.82 Å². The number of benzene rings is 1. The molecule has 1 atom stereocenters. The van der Waals surface area contributed by atoms with Crippen molar-refractivity contribution in [3.8, 4) is 0 Å². The minimum atomic E-state index is -0.522. The Morgan fingerprint density at radius 2 is 2.04 bits per heavy atom. The van der Waals surface area contributed by atoms with Gasteiger partial charge in [-0.1, -0.05) is 11.6 Å². The van der Waals surface area contributed by atoms with Crippen LogP contribution in [0.3, 0.4) is 0 Å². The van der Waals surface area contributed by atoms with Gasteiger partial charge >= 0.3 is 0 Å². The van der Waals surface area contributed by atoms with Gasteiger partial charge in [-0.2, -0.15) is 0 Å². The standard InChI is InChI=1S/C17H25FN2O3/c1-3-23-12-14(21)11-19-6-8-20(9-7-19)17(22)15-10-13(2)4-5-16(15)18/h4-5,10,14,21H,3,6-9,11-12H2,1-2H3. The minimum absolute atomic E-state index is 0.134. The number of ether oxygens (including phenoxy) is 1. The highest BCUT2D eigenvalue weighted by molar-refractivity contribution is 5.94. The maximum atomic E-state index is 13.8. The van der Waals surface area contributed by atoms with Crippen molar-refractivity contribution in [2.45, 2.75) is 20.0 Å². The van der Waals surface area contributed by atoms with E-state index in [2.05, 4.69) is 4.90 Å². The zero-order chi connectivity index (χ0) is 16.8. The van der Waals surface area contributed by atoms with E-state index in [4.69, 9.17) is 4.74 Å². The second-order valence-electron chi connectivity index (χ2n) is 5.89. The number of rotatable bonds is 6. The number of aryl methyl sites for hydroxylation is 1. The fourth-order valence-corrected chi connectivity index (χ4v) is 2.71. The molecule has 2 rings (SSSR count). The molecular weight excluding hydrogens is 299 g/mol. The van der Waals surface area contributed by atoms with Crippen molar-refractivity contribution in [3.05, 3.63) is 35.1 Å². The Morgan fingerprint density at radius 1 is 1.35 bits per heavy atom. The molecule has 1 fully saturated rings. The van der Waals surface area contributed by atoms with Crippen LogP contribution in [0, 0.1) is 12.7 Å². The van der Waals surface area contributed by atoms with Gasteiger partial charge in [-0.05, 0) is 26.0 Å². The Hall–Kier alpha value is -1.50. The third kappa shape index (κ3) is 4.99. The van der Waals surface area contributed by atoms with E-state index in [1.165, 1.54) is 6.07 Å². The normalized spacial score (nSPS) is 17.3. The average molecular weight is 324 g/mol. The van der Waals surface area contributed by atoms with Gasteiger partial charge in [0, 0.05) is 39.3 Å². The molecule has 5 nitrogen and oxygen atoms in total. The molecule has 1 aromatic rings. The molecule has 0 aliphatic carbocycles. The van der Waals surface area contributed by atoms with Crippen LogP contribution >= 0.6 is 0 Å². The molecule has 0 bridgehead atoms. The maximum Gasteiger partial charge on any atom is 0.256 e. The summed E-state index contributed by atoms with van der Waals surface area (Å²) in [5, 5.41) is 9.86. The van der Waals surface area contributed by atoms with Gasteiger partial charge in [-0.25, -0.2) is 4.39 Å². The molecule has 0 radical (unpaired) electrons. The van der Waals surface area contributed by atoms with Gasteiger partial charge in [0.15, 0.2) is 0 Å². The number of hydrogen-bond acceptors (Lipinski definition) is 4. The van der Waals surface area contributed by atoms with Gasteiger partial charge in [0.2, 0.25) is 0 Å². The largest absolute Gasteiger partial charge is 0.389 e. The third-order valence-corrected chi connectivity index (χ3v) is 4.00. The molecule has 1 saturated heterocycles. The van der Waals surface area contributed by atoms with E-state index >= 15 is 0 Å². The first kappa shape index (κ1) is 17.8. The molecule has 1 aromatic carbocycles. The highest BCUT2D eigenvalue weighted by atomic mass is 19.1. The van der Waals surface area contributed by atoms with Crippen LogP contribution in [-0.4, -0.2) is 72.9 Å². The zero-order valence-corrected chi connectivity index (χ0v) is 13.8. The number of aliphatic hydroxyl groups is 1. The fourth-order valence-electron chi connectivity index (χ4n) is 2.71. The van der Waals surface area contributed by atoms with Crippen molar-refractivity contribution in [3.63, 3.8) is 0 Å². The summed E-state index contributed by atoms with van der Waals surface area (Å²) < 4.78 is 19.0. The van der Waals surface area contributed by atoms with E-state index in [1.54, 1.807) is 17.0 Å². The number of halogens is 1. The molecule has 1 aliphatic rings. The van der Waals surface area contributed by atoms with Crippen LogP contribution in [0.5, 0.6) is 0 Å². The number of hydrogen-bond donors (Lipinski definition) is 1. The highest BCUT2D eigenvalue weighted by Gasteiger charge is 2.25. The van der Waals surface area contributed by atoms with Gasteiger partial charge in [0.05, 0.1) is 18.3 Å². The van der Waals surface area contributed by atoms with E-state index in [-0.39, 0.29) is 11.5 Å². The minimum Gasteiger partial charge on any atom is -0.389 e. The molecule has 0 spiro atoms. The molecule has 1 heterocycles. The Kier molecular flexibility index (Phi) is 6.50. The lowest BCUT2D eigenvalue weighted by Crippen LogP contribution is -2.51. The molecule has 6 heteroatoms. The van der Waals surface area contributed by atoms with Gasteiger partial charge in [-0.15, -0.1) is 0 Å². The van der Waals surface area contributed by atoms with Crippen LogP contribution in [0.25, 0.3) is 0 Å². The second kappa shape index (κ2) is 8.38. The lowest BCUT2D eigenvalue weighted by atomic mass is 10.1. The molecule has 128 valence electrons. The van der Waals surface area contributed by atoms with E-state index in [0.717, 1.165) is 5.56 Å². The van der Waals surface area contributed by atoms with Crippen LogP contribution in [0.2, 0.25) is 0 Å².